The van der Waals surface area contributed by atoms with Crippen LogP contribution in [0.25, 0.3) is 0 Å². The lowest BCUT2D eigenvalue weighted by Gasteiger charge is -2.31. The fourth-order valence-corrected chi connectivity index (χ4v) is 3.02. The van der Waals surface area contributed by atoms with Crippen LogP contribution in [0.4, 0.5) is 0 Å². The smallest absolute Gasteiger partial charge is 0.230 e. The van der Waals surface area contributed by atoms with Crippen LogP contribution in [0.5, 0.6) is 0 Å². The number of piperidine rings is 1. The number of carbonyl (C=O) groups is 1. The third-order valence-electron chi connectivity index (χ3n) is 2.70. The summed E-state index contributed by atoms with van der Waals surface area (Å²) in [5.74, 6) is 0.0996. The highest BCUT2D eigenvalue weighted by molar-refractivity contribution is 9.09. The number of alkyl halides is 1. The van der Waals surface area contributed by atoms with E-state index in [1.165, 1.54) is 4.31 Å². The molecule has 1 aliphatic rings. The van der Waals surface area contributed by atoms with E-state index in [1.54, 1.807) is 6.92 Å². The maximum Gasteiger partial charge on any atom is 0.230 e. The second-order valence-electron chi connectivity index (χ2n) is 3.78. The second-order valence-corrected chi connectivity index (χ2v) is 6.59. The van der Waals surface area contributed by atoms with Gasteiger partial charge in [0, 0.05) is 19.1 Å². The number of carbonyl (C=O) groups excluding carboxylic acids is 1. The first kappa shape index (κ1) is 13.9. The largest absolute Gasteiger partial charge is 0.353 e. The van der Waals surface area contributed by atoms with E-state index in [4.69, 9.17) is 0 Å². The molecule has 7 heteroatoms. The summed E-state index contributed by atoms with van der Waals surface area (Å²) >= 11 is 3.08. The van der Waals surface area contributed by atoms with Crippen molar-refractivity contribution in [2.24, 2.45) is 0 Å². The molecule has 0 aromatic heterocycles. The van der Waals surface area contributed by atoms with Gasteiger partial charge in [-0.2, -0.15) is 0 Å². The summed E-state index contributed by atoms with van der Waals surface area (Å²) in [6.07, 6.45) is 1.38. The zero-order chi connectivity index (χ0) is 12.2. The Labute approximate surface area is 105 Å². The van der Waals surface area contributed by atoms with Gasteiger partial charge in [-0.15, -0.1) is 0 Å². The summed E-state index contributed by atoms with van der Waals surface area (Å²) in [5.41, 5.74) is 0. The molecule has 1 aliphatic heterocycles. The van der Waals surface area contributed by atoms with Crippen molar-refractivity contribution in [2.45, 2.75) is 25.8 Å². The van der Waals surface area contributed by atoms with E-state index in [1.807, 2.05) is 0 Å². The van der Waals surface area contributed by atoms with Gasteiger partial charge in [-0.05, 0) is 19.8 Å². The number of hydrogen-bond donors (Lipinski definition) is 1. The van der Waals surface area contributed by atoms with E-state index in [0.29, 0.717) is 31.3 Å². The van der Waals surface area contributed by atoms with E-state index < -0.39 is 10.0 Å². The topological polar surface area (TPSA) is 66.5 Å². The molecular formula is C9H17BrN2O3S. The fraction of sp³-hybridized carbons (Fsp3) is 0.889. The maximum absolute atomic E-state index is 11.6. The van der Waals surface area contributed by atoms with Crippen LogP contribution in [0.3, 0.4) is 0 Å². The van der Waals surface area contributed by atoms with Gasteiger partial charge in [0.05, 0.1) is 11.1 Å². The summed E-state index contributed by atoms with van der Waals surface area (Å²) in [7, 11) is -3.07. The van der Waals surface area contributed by atoms with Gasteiger partial charge in [-0.25, -0.2) is 12.7 Å². The Morgan fingerprint density at radius 3 is 2.44 bits per heavy atom. The van der Waals surface area contributed by atoms with Gasteiger partial charge < -0.3 is 5.32 Å². The van der Waals surface area contributed by atoms with Crippen molar-refractivity contribution in [1.82, 2.24) is 9.62 Å². The van der Waals surface area contributed by atoms with Gasteiger partial charge in [0.25, 0.3) is 0 Å². The molecule has 0 saturated carbocycles. The molecule has 0 unspecified atom stereocenters. The molecule has 16 heavy (non-hydrogen) atoms. The summed E-state index contributed by atoms with van der Waals surface area (Å²) in [5, 5.41) is 3.14. The Hall–Kier alpha value is -0.140. The van der Waals surface area contributed by atoms with Crippen LogP contribution in [-0.4, -0.2) is 48.8 Å². The van der Waals surface area contributed by atoms with Crippen molar-refractivity contribution < 1.29 is 13.2 Å². The zero-order valence-electron chi connectivity index (χ0n) is 9.28. The first-order chi connectivity index (χ1) is 7.49. The number of rotatable bonds is 4. The Kier molecular flexibility index (Phi) is 5.20. The van der Waals surface area contributed by atoms with Gasteiger partial charge in [0.2, 0.25) is 15.9 Å². The quantitative estimate of drug-likeness (QED) is 0.760. The Balaban J connectivity index is 2.43. The number of nitrogens with zero attached hydrogens (tertiary/aromatic N) is 1. The van der Waals surface area contributed by atoms with Crippen molar-refractivity contribution in [3.05, 3.63) is 0 Å². The molecule has 0 aromatic carbocycles. The molecule has 1 heterocycles. The molecule has 0 aliphatic carbocycles. The van der Waals surface area contributed by atoms with E-state index >= 15 is 0 Å². The molecule has 0 spiro atoms. The third-order valence-corrected chi connectivity index (χ3v) is 5.09. The Morgan fingerprint density at radius 2 is 2.00 bits per heavy atom. The minimum absolute atomic E-state index is 0.0446. The zero-order valence-corrected chi connectivity index (χ0v) is 11.7. The number of amides is 1. The molecule has 0 radical (unpaired) electrons. The average molecular weight is 313 g/mol. The molecule has 0 atom stereocenters. The predicted molar refractivity (Wildman–Crippen MR) is 66.0 cm³/mol. The number of halogens is 1. The van der Waals surface area contributed by atoms with Crippen LogP contribution in [0.1, 0.15) is 19.8 Å². The van der Waals surface area contributed by atoms with Gasteiger partial charge in [0.15, 0.2) is 0 Å². The molecule has 1 amide bonds. The van der Waals surface area contributed by atoms with Crippen molar-refractivity contribution in [2.75, 3.05) is 24.2 Å². The fourth-order valence-electron chi connectivity index (χ4n) is 1.73. The minimum atomic E-state index is -3.07. The molecule has 94 valence electrons. The second kappa shape index (κ2) is 5.97. The highest BCUT2D eigenvalue weighted by atomic mass is 79.9. The van der Waals surface area contributed by atoms with Crippen molar-refractivity contribution in [1.29, 1.82) is 0 Å². The molecule has 0 bridgehead atoms. The first-order valence-electron chi connectivity index (χ1n) is 5.32. The molecular weight excluding hydrogens is 296 g/mol. The van der Waals surface area contributed by atoms with E-state index in [0.717, 1.165) is 0 Å². The van der Waals surface area contributed by atoms with Gasteiger partial charge in [-0.3, -0.25) is 4.79 Å². The minimum Gasteiger partial charge on any atom is -0.353 e. The van der Waals surface area contributed by atoms with Crippen molar-refractivity contribution in [3.8, 4) is 0 Å². The average Bonchev–Trinajstić information content (AvgIpc) is 2.29. The Morgan fingerprint density at radius 1 is 1.44 bits per heavy atom. The van der Waals surface area contributed by atoms with Crippen LogP contribution >= 0.6 is 15.9 Å². The van der Waals surface area contributed by atoms with Gasteiger partial charge in [-0.1, -0.05) is 15.9 Å². The molecule has 0 aromatic rings. The maximum atomic E-state index is 11.6. The van der Waals surface area contributed by atoms with E-state index in [9.17, 15) is 13.2 Å². The molecule has 1 fully saturated rings. The normalized spacial score (nSPS) is 19.6. The lowest BCUT2D eigenvalue weighted by atomic mass is 10.1. The van der Waals surface area contributed by atoms with Crippen molar-refractivity contribution >= 4 is 31.9 Å². The summed E-state index contributed by atoms with van der Waals surface area (Å²) in [6, 6.07) is 0.105. The number of hydrogen-bond acceptors (Lipinski definition) is 3. The first-order valence-corrected chi connectivity index (χ1v) is 8.05. The van der Waals surface area contributed by atoms with E-state index in [2.05, 4.69) is 21.2 Å². The van der Waals surface area contributed by atoms with Gasteiger partial charge >= 0.3 is 0 Å². The summed E-state index contributed by atoms with van der Waals surface area (Å²) in [4.78, 5) is 11.1. The highest BCUT2D eigenvalue weighted by Crippen LogP contribution is 2.14. The standard InChI is InChI=1S/C9H17BrN2O3S/c1-2-16(14,15)12-5-3-8(4-6-12)11-9(13)7-10/h8H,2-7H2,1H3,(H,11,13). The van der Waals surface area contributed by atoms with Crippen LogP contribution in [0, 0.1) is 0 Å². The van der Waals surface area contributed by atoms with Crippen LogP contribution in [-0.2, 0) is 14.8 Å². The molecule has 5 nitrogen and oxygen atoms in total. The van der Waals surface area contributed by atoms with Crippen LogP contribution < -0.4 is 5.32 Å². The lowest BCUT2D eigenvalue weighted by Crippen LogP contribution is -2.47. The third kappa shape index (κ3) is 3.71. The lowest BCUT2D eigenvalue weighted by molar-refractivity contribution is -0.119. The van der Waals surface area contributed by atoms with E-state index in [-0.39, 0.29) is 17.7 Å². The summed E-state index contributed by atoms with van der Waals surface area (Å²) in [6.45, 7) is 2.65. The molecule has 1 saturated heterocycles. The molecule has 1 N–H and O–H groups in total. The molecule has 1 rings (SSSR count). The Bertz CT molecular complexity index is 337. The monoisotopic (exact) mass is 312 g/mol. The van der Waals surface area contributed by atoms with Crippen molar-refractivity contribution in [3.63, 3.8) is 0 Å². The number of nitrogens with one attached hydrogen (secondary N) is 1. The SMILES string of the molecule is CCS(=O)(=O)N1CCC(NC(=O)CBr)CC1. The summed E-state index contributed by atoms with van der Waals surface area (Å²) < 4.78 is 24.6. The van der Waals surface area contributed by atoms with Gasteiger partial charge in [0.1, 0.15) is 0 Å². The number of sulfonamides is 1. The predicted octanol–water partition coefficient (Wildman–Crippen LogP) is 0.312. The highest BCUT2D eigenvalue weighted by Gasteiger charge is 2.26. The van der Waals surface area contributed by atoms with Crippen LogP contribution in [0.15, 0.2) is 0 Å². The van der Waals surface area contributed by atoms with Crippen LogP contribution in [0.2, 0.25) is 0 Å².